The lowest BCUT2D eigenvalue weighted by Gasteiger charge is -2.20. The summed E-state index contributed by atoms with van der Waals surface area (Å²) < 4.78 is 27.9. The third kappa shape index (κ3) is 2.94. The van der Waals surface area contributed by atoms with Gasteiger partial charge in [0, 0.05) is 12.2 Å². The Balaban J connectivity index is 1.97. The first-order valence-electron chi connectivity index (χ1n) is 6.97. The van der Waals surface area contributed by atoms with Crippen LogP contribution in [0, 0.1) is 6.92 Å². The fraction of sp³-hybridized carbons (Fsp3) is 0.250. The highest BCUT2D eigenvalue weighted by molar-refractivity contribution is 7.92. The van der Waals surface area contributed by atoms with Gasteiger partial charge in [-0.05, 0) is 49.2 Å². The van der Waals surface area contributed by atoms with Crippen LogP contribution in [-0.2, 0) is 23.0 Å². The molecular formula is C16H18N2O2S. The molecule has 0 fully saturated rings. The Morgan fingerprint density at radius 1 is 1.10 bits per heavy atom. The van der Waals surface area contributed by atoms with Crippen LogP contribution in [0.2, 0.25) is 0 Å². The monoisotopic (exact) mass is 302 g/mol. The van der Waals surface area contributed by atoms with Crippen LogP contribution in [0.25, 0.3) is 0 Å². The van der Waals surface area contributed by atoms with Gasteiger partial charge < -0.3 is 5.32 Å². The van der Waals surface area contributed by atoms with Crippen molar-refractivity contribution in [1.82, 2.24) is 5.32 Å². The van der Waals surface area contributed by atoms with Crippen LogP contribution in [0.1, 0.15) is 16.7 Å². The van der Waals surface area contributed by atoms with Crippen molar-refractivity contribution in [3.63, 3.8) is 0 Å². The van der Waals surface area contributed by atoms with Gasteiger partial charge in [0.2, 0.25) is 0 Å². The average Bonchev–Trinajstić information content (AvgIpc) is 2.49. The predicted molar refractivity (Wildman–Crippen MR) is 83.8 cm³/mol. The lowest BCUT2D eigenvalue weighted by Crippen LogP contribution is -2.26. The maximum absolute atomic E-state index is 12.6. The number of anilines is 1. The molecule has 2 N–H and O–H groups in total. The van der Waals surface area contributed by atoms with Crippen molar-refractivity contribution in [2.45, 2.75) is 24.8 Å². The second-order valence-electron chi connectivity index (χ2n) is 5.29. The van der Waals surface area contributed by atoms with Crippen molar-refractivity contribution in [2.24, 2.45) is 0 Å². The molecule has 1 heterocycles. The third-order valence-electron chi connectivity index (χ3n) is 3.69. The van der Waals surface area contributed by atoms with Gasteiger partial charge in [-0.3, -0.25) is 4.72 Å². The summed E-state index contributed by atoms with van der Waals surface area (Å²) in [4.78, 5) is 0.391. The lowest BCUT2D eigenvalue weighted by molar-refractivity contribution is 0.594. The minimum Gasteiger partial charge on any atom is -0.312 e. The van der Waals surface area contributed by atoms with Crippen molar-refractivity contribution in [1.29, 1.82) is 0 Å². The predicted octanol–water partition coefficient (Wildman–Crippen LogP) is 2.44. The summed E-state index contributed by atoms with van der Waals surface area (Å²) in [6, 6.07) is 12.8. The van der Waals surface area contributed by atoms with E-state index >= 15 is 0 Å². The maximum Gasteiger partial charge on any atom is 0.262 e. The highest BCUT2D eigenvalue weighted by Crippen LogP contribution is 2.25. The van der Waals surface area contributed by atoms with Crippen molar-refractivity contribution >= 4 is 15.7 Å². The van der Waals surface area contributed by atoms with Crippen LogP contribution in [0.4, 0.5) is 5.69 Å². The average molecular weight is 302 g/mol. The van der Waals surface area contributed by atoms with Crippen LogP contribution in [0.15, 0.2) is 47.4 Å². The smallest absolute Gasteiger partial charge is 0.262 e. The van der Waals surface area contributed by atoms with E-state index in [1.54, 1.807) is 24.3 Å². The molecule has 1 aliphatic heterocycles. The van der Waals surface area contributed by atoms with E-state index in [9.17, 15) is 8.42 Å². The molecule has 2 aromatic rings. The van der Waals surface area contributed by atoms with E-state index in [2.05, 4.69) is 10.0 Å². The number of nitrogens with one attached hydrogen (secondary N) is 2. The number of hydrogen-bond donors (Lipinski definition) is 2. The summed E-state index contributed by atoms with van der Waals surface area (Å²) in [5.41, 5.74) is 3.68. The number of sulfonamides is 1. The standard InChI is InChI=1S/C16H18N2O2S/c1-12-5-7-14(8-6-12)18-21(19,20)16-4-2-3-13-11-17-10-9-15(13)16/h2-8,17-18H,9-11H2,1H3. The zero-order valence-electron chi connectivity index (χ0n) is 11.9. The molecule has 0 aliphatic carbocycles. The van der Waals surface area contributed by atoms with E-state index in [0.29, 0.717) is 10.6 Å². The van der Waals surface area contributed by atoms with E-state index in [-0.39, 0.29) is 0 Å². The molecule has 0 atom stereocenters. The van der Waals surface area contributed by atoms with Gasteiger partial charge in [-0.2, -0.15) is 0 Å². The Morgan fingerprint density at radius 3 is 2.62 bits per heavy atom. The van der Waals surface area contributed by atoms with Crippen LogP contribution in [0.3, 0.4) is 0 Å². The lowest BCUT2D eigenvalue weighted by atomic mass is 10.0. The van der Waals surface area contributed by atoms with Crippen LogP contribution in [-0.4, -0.2) is 15.0 Å². The van der Waals surface area contributed by atoms with E-state index in [0.717, 1.165) is 36.2 Å². The first-order valence-corrected chi connectivity index (χ1v) is 8.45. The summed E-state index contributed by atoms with van der Waals surface area (Å²) in [5.74, 6) is 0. The first kappa shape index (κ1) is 14.1. The van der Waals surface area contributed by atoms with Gasteiger partial charge in [0.15, 0.2) is 0 Å². The highest BCUT2D eigenvalue weighted by Gasteiger charge is 2.22. The molecule has 0 radical (unpaired) electrons. The van der Waals surface area contributed by atoms with Crippen LogP contribution < -0.4 is 10.0 Å². The van der Waals surface area contributed by atoms with Crippen molar-refractivity contribution in [3.8, 4) is 0 Å². The Labute approximate surface area is 125 Å². The van der Waals surface area contributed by atoms with Gasteiger partial charge in [0.25, 0.3) is 10.0 Å². The fourth-order valence-corrected chi connectivity index (χ4v) is 3.95. The maximum atomic E-state index is 12.6. The third-order valence-corrected chi connectivity index (χ3v) is 5.16. The Kier molecular flexibility index (Phi) is 3.69. The van der Waals surface area contributed by atoms with Crippen LogP contribution in [0.5, 0.6) is 0 Å². The molecule has 0 amide bonds. The van der Waals surface area contributed by atoms with Gasteiger partial charge in [0.1, 0.15) is 0 Å². The molecule has 0 saturated heterocycles. The van der Waals surface area contributed by atoms with Gasteiger partial charge >= 0.3 is 0 Å². The zero-order chi connectivity index (χ0) is 14.9. The fourth-order valence-electron chi connectivity index (χ4n) is 2.58. The Morgan fingerprint density at radius 2 is 1.86 bits per heavy atom. The number of rotatable bonds is 3. The SMILES string of the molecule is Cc1ccc(NS(=O)(=O)c2cccc3c2CCNC3)cc1. The molecule has 110 valence electrons. The Bertz CT molecular complexity index is 752. The molecule has 3 rings (SSSR count). The molecule has 21 heavy (non-hydrogen) atoms. The van der Waals surface area contributed by atoms with E-state index in [4.69, 9.17) is 0 Å². The van der Waals surface area contributed by atoms with Crippen molar-refractivity contribution in [2.75, 3.05) is 11.3 Å². The molecule has 0 aromatic heterocycles. The minimum atomic E-state index is -3.55. The van der Waals surface area contributed by atoms with Gasteiger partial charge in [-0.1, -0.05) is 29.8 Å². The van der Waals surface area contributed by atoms with Gasteiger partial charge in [0.05, 0.1) is 4.90 Å². The normalized spacial score (nSPS) is 14.5. The summed E-state index contributed by atoms with van der Waals surface area (Å²) in [5, 5.41) is 3.26. The van der Waals surface area contributed by atoms with Crippen molar-refractivity contribution < 1.29 is 8.42 Å². The number of aryl methyl sites for hydroxylation is 1. The van der Waals surface area contributed by atoms with E-state index in [1.165, 1.54) is 0 Å². The van der Waals surface area contributed by atoms with Crippen molar-refractivity contribution in [3.05, 3.63) is 59.2 Å². The largest absolute Gasteiger partial charge is 0.312 e. The first-order chi connectivity index (χ1) is 10.1. The second kappa shape index (κ2) is 5.50. The summed E-state index contributed by atoms with van der Waals surface area (Å²) in [6.45, 7) is 3.51. The molecule has 0 unspecified atom stereocenters. The van der Waals surface area contributed by atoms with E-state index < -0.39 is 10.0 Å². The van der Waals surface area contributed by atoms with Gasteiger partial charge in [-0.15, -0.1) is 0 Å². The topological polar surface area (TPSA) is 58.2 Å². The summed E-state index contributed by atoms with van der Waals surface area (Å²) in [6.07, 6.45) is 0.736. The summed E-state index contributed by atoms with van der Waals surface area (Å²) >= 11 is 0. The highest BCUT2D eigenvalue weighted by atomic mass is 32.2. The Hall–Kier alpha value is -1.85. The molecule has 2 aromatic carbocycles. The summed E-state index contributed by atoms with van der Waals surface area (Å²) in [7, 11) is -3.55. The quantitative estimate of drug-likeness (QED) is 0.915. The molecular weight excluding hydrogens is 284 g/mol. The van der Waals surface area contributed by atoms with Gasteiger partial charge in [-0.25, -0.2) is 8.42 Å². The second-order valence-corrected chi connectivity index (χ2v) is 6.94. The molecule has 0 saturated carbocycles. The molecule has 5 heteroatoms. The molecule has 0 bridgehead atoms. The number of benzene rings is 2. The minimum absolute atomic E-state index is 0.391. The van der Waals surface area contributed by atoms with Crippen LogP contribution >= 0.6 is 0 Å². The number of fused-ring (bicyclic) bond motifs is 1. The van der Waals surface area contributed by atoms with E-state index in [1.807, 2.05) is 25.1 Å². The molecule has 1 aliphatic rings. The molecule has 0 spiro atoms. The number of hydrogen-bond acceptors (Lipinski definition) is 3. The molecule has 4 nitrogen and oxygen atoms in total. The zero-order valence-corrected chi connectivity index (χ0v) is 12.7.